The summed E-state index contributed by atoms with van der Waals surface area (Å²) in [7, 11) is 1.58. The van der Waals surface area contributed by atoms with Gasteiger partial charge in [0.1, 0.15) is 13.2 Å². The highest BCUT2D eigenvalue weighted by atomic mass is 16.6. The average Bonchev–Trinajstić information content (AvgIpc) is 3.35. The van der Waals surface area contributed by atoms with Crippen molar-refractivity contribution in [3.8, 4) is 11.5 Å². The predicted molar refractivity (Wildman–Crippen MR) is 105 cm³/mol. The molecule has 2 saturated heterocycles. The molecule has 0 saturated carbocycles. The van der Waals surface area contributed by atoms with Gasteiger partial charge in [0.2, 0.25) is 0 Å². The van der Waals surface area contributed by atoms with Crippen LogP contribution in [0.15, 0.2) is 54.6 Å². The summed E-state index contributed by atoms with van der Waals surface area (Å²) in [6.07, 6.45) is -0.0981. The number of carbonyl (C=O) groups excluding carboxylic acids is 2. The summed E-state index contributed by atoms with van der Waals surface area (Å²) in [4.78, 5) is 21.5. The number of amides is 2. The highest BCUT2D eigenvalue weighted by molar-refractivity contribution is 5.69. The van der Waals surface area contributed by atoms with Crippen LogP contribution in [0.5, 0.6) is 11.5 Å². The molecule has 2 amide bonds. The van der Waals surface area contributed by atoms with Crippen molar-refractivity contribution >= 4 is 12.2 Å². The fourth-order valence-electron chi connectivity index (χ4n) is 2.88. The number of alkyl carbamates (subject to hydrolysis) is 2. The molecule has 0 bridgehead atoms. The van der Waals surface area contributed by atoms with Crippen LogP contribution in [0.25, 0.3) is 0 Å². The third-order valence-electron chi connectivity index (χ3n) is 4.30. The maximum atomic E-state index is 10.8. The molecule has 2 aliphatic rings. The van der Waals surface area contributed by atoms with Gasteiger partial charge in [-0.15, -0.1) is 0 Å². The summed E-state index contributed by atoms with van der Waals surface area (Å²) in [5.41, 5.74) is 1.22. The highest BCUT2D eigenvalue weighted by Gasteiger charge is 2.23. The minimum Gasteiger partial charge on any atom is -0.493 e. The molecular formula is C21H24N2O6. The first kappa shape index (κ1) is 20.3. The van der Waals surface area contributed by atoms with Crippen LogP contribution in [0, 0.1) is 0 Å². The van der Waals surface area contributed by atoms with Gasteiger partial charge < -0.3 is 29.6 Å². The lowest BCUT2D eigenvalue weighted by Gasteiger charge is -2.12. The Balaban J connectivity index is 0.000000169. The molecule has 2 aromatic carbocycles. The van der Waals surface area contributed by atoms with Crippen molar-refractivity contribution in [3.63, 3.8) is 0 Å². The molecule has 29 heavy (non-hydrogen) atoms. The number of carbonyl (C=O) groups is 2. The van der Waals surface area contributed by atoms with E-state index in [0.717, 1.165) is 6.42 Å². The topological polar surface area (TPSA) is 95.1 Å². The van der Waals surface area contributed by atoms with E-state index in [9.17, 15) is 9.59 Å². The van der Waals surface area contributed by atoms with Crippen molar-refractivity contribution in [2.45, 2.75) is 18.6 Å². The second kappa shape index (κ2) is 10.2. The van der Waals surface area contributed by atoms with E-state index in [-0.39, 0.29) is 18.2 Å². The second-order valence-electron chi connectivity index (χ2n) is 6.50. The predicted octanol–water partition coefficient (Wildman–Crippen LogP) is 2.52. The number of ether oxygens (including phenoxy) is 4. The Bertz CT molecular complexity index is 814. The lowest BCUT2D eigenvalue weighted by molar-refractivity contribution is 0.103. The molecule has 2 aliphatic heterocycles. The van der Waals surface area contributed by atoms with Crippen molar-refractivity contribution in [2.75, 3.05) is 26.9 Å². The lowest BCUT2D eigenvalue weighted by atomic mass is 10.1. The summed E-state index contributed by atoms with van der Waals surface area (Å²) >= 11 is 0. The standard InChI is InChI=1S/C11H13NO4.C10H11NO2/c1-14-9-4-2-3-5-10(9)15-7-8-6-12-11(13)16-8;12-10-11-9(7-13-10)6-8-4-2-1-3-5-8/h2-5,8H,6-7H2,1H3,(H,12,13);1-5,9H,6-7H2,(H,11,12)/t;9-/m.1/s1. The Morgan fingerprint density at radius 3 is 2.34 bits per heavy atom. The molecule has 2 atom stereocenters. The number of benzene rings is 2. The van der Waals surface area contributed by atoms with Crippen LogP contribution in [-0.4, -0.2) is 51.2 Å². The average molecular weight is 400 g/mol. The molecule has 4 rings (SSSR count). The Morgan fingerprint density at radius 1 is 1.00 bits per heavy atom. The van der Waals surface area contributed by atoms with Crippen molar-refractivity contribution in [3.05, 3.63) is 60.2 Å². The molecular weight excluding hydrogens is 376 g/mol. The van der Waals surface area contributed by atoms with Gasteiger partial charge in [-0.05, 0) is 24.1 Å². The van der Waals surface area contributed by atoms with E-state index in [1.807, 2.05) is 54.6 Å². The second-order valence-corrected chi connectivity index (χ2v) is 6.50. The zero-order valence-electron chi connectivity index (χ0n) is 16.1. The molecule has 2 aromatic rings. The maximum absolute atomic E-state index is 10.8. The molecule has 0 spiro atoms. The Labute approximate surface area is 169 Å². The van der Waals surface area contributed by atoms with E-state index in [1.54, 1.807) is 7.11 Å². The van der Waals surface area contributed by atoms with E-state index in [2.05, 4.69) is 10.6 Å². The van der Waals surface area contributed by atoms with Crippen molar-refractivity contribution in [2.24, 2.45) is 0 Å². The summed E-state index contributed by atoms with van der Waals surface area (Å²) in [5.74, 6) is 1.31. The molecule has 154 valence electrons. The largest absolute Gasteiger partial charge is 0.493 e. The molecule has 2 N–H and O–H groups in total. The molecule has 0 aromatic heterocycles. The van der Waals surface area contributed by atoms with Crippen molar-refractivity contribution in [1.29, 1.82) is 0 Å². The van der Waals surface area contributed by atoms with Crippen LogP contribution in [0.4, 0.5) is 9.59 Å². The van der Waals surface area contributed by atoms with Gasteiger partial charge >= 0.3 is 12.2 Å². The lowest BCUT2D eigenvalue weighted by Crippen LogP contribution is -2.28. The van der Waals surface area contributed by atoms with E-state index in [1.165, 1.54) is 5.56 Å². The van der Waals surface area contributed by atoms with Gasteiger partial charge in [0.25, 0.3) is 0 Å². The van der Waals surface area contributed by atoms with Gasteiger partial charge in [-0.1, -0.05) is 42.5 Å². The summed E-state index contributed by atoms with van der Waals surface area (Å²) < 4.78 is 20.4. The van der Waals surface area contributed by atoms with Crippen LogP contribution in [0.1, 0.15) is 5.56 Å². The maximum Gasteiger partial charge on any atom is 0.407 e. The van der Waals surface area contributed by atoms with Crippen LogP contribution in [-0.2, 0) is 15.9 Å². The highest BCUT2D eigenvalue weighted by Crippen LogP contribution is 2.26. The molecule has 2 fully saturated rings. The third kappa shape index (κ3) is 6.31. The van der Waals surface area contributed by atoms with Gasteiger partial charge in [0, 0.05) is 0 Å². The number of methoxy groups -OCH3 is 1. The number of hydrogen-bond acceptors (Lipinski definition) is 6. The van der Waals surface area contributed by atoms with Gasteiger partial charge in [-0.2, -0.15) is 0 Å². The smallest absolute Gasteiger partial charge is 0.407 e. The van der Waals surface area contributed by atoms with Crippen LogP contribution in [0.2, 0.25) is 0 Å². The SMILES string of the molecule is COc1ccccc1OCC1CNC(=O)O1.O=C1N[C@H](Cc2ccccc2)CO1. The number of nitrogens with one attached hydrogen (secondary N) is 2. The van der Waals surface area contributed by atoms with E-state index < -0.39 is 6.09 Å². The summed E-state index contributed by atoms with van der Waals surface area (Å²) in [6, 6.07) is 17.5. The molecule has 1 unspecified atom stereocenters. The molecule has 0 radical (unpaired) electrons. The minimum atomic E-state index is -0.395. The molecule has 8 heteroatoms. The number of hydrogen-bond donors (Lipinski definition) is 2. The molecule has 8 nitrogen and oxygen atoms in total. The Hall–Kier alpha value is -3.42. The minimum absolute atomic E-state index is 0.134. The van der Waals surface area contributed by atoms with Gasteiger partial charge in [-0.3, -0.25) is 0 Å². The first-order chi connectivity index (χ1) is 14.1. The first-order valence-corrected chi connectivity index (χ1v) is 9.31. The van der Waals surface area contributed by atoms with E-state index >= 15 is 0 Å². The quantitative estimate of drug-likeness (QED) is 0.774. The van der Waals surface area contributed by atoms with Crippen LogP contribution in [0.3, 0.4) is 0 Å². The Kier molecular flexibility index (Phi) is 7.16. The molecule has 2 heterocycles. The van der Waals surface area contributed by atoms with E-state index in [4.69, 9.17) is 18.9 Å². The number of para-hydroxylation sites is 2. The monoisotopic (exact) mass is 400 g/mol. The van der Waals surface area contributed by atoms with Crippen LogP contribution >= 0.6 is 0 Å². The zero-order valence-corrected chi connectivity index (χ0v) is 16.1. The van der Waals surface area contributed by atoms with Crippen molar-refractivity contribution in [1.82, 2.24) is 10.6 Å². The normalized spacial score (nSPS) is 19.8. The third-order valence-corrected chi connectivity index (χ3v) is 4.30. The van der Waals surface area contributed by atoms with Crippen LogP contribution < -0.4 is 20.1 Å². The van der Waals surface area contributed by atoms with Gasteiger partial charge in [-0.25, -0.2) is 9.59 Å². The summed E-state index contributed by atoms with van der Waals surface area (Å²) in [6.45, 7) is 1.28. The number of cyclic esters (lactones) is 2. The molecule has 0 aliphatic carbocycles. The van der Waals surface area contributed by atoms with Gasteiger partial charge in [0.15, 0.2) is 17.6 Å². The fraction of sp³-hybridized carbons (Fsp3) is 0.333. The Morgan fingerprint density at radius 2 is 1.72 bits per heavy atom. The number of rotatable bonds is 6. The fourth-order valence-corrected chi connectivity index (χ4v) is 2.88. The van der Waals surface area contributed by atoms with Gasteiger partial charge in [0.05, 0.1) is 19.7 Å². The first-order valence-electron chi connectivity index (χ1n) is 9.31. The van der Waals surface area contributed by atoms with E-state index in [0.29, 0.717) is 31.3 Å². The summed E-state index contributed by atoms with van der Waals surface area (Å²) in [5, 5.41) is 5.30. The zero-order chi connectivity index (χ0) is 20.5. The van der Waals surface area contributed by atoms with Crippen molar-refractivity contribution < 1.29 is 28.5 Å².